The van der Waals surface area contributed by atoms with Gasteiger partial charge in [-0.15, -0.1) is 0 Å². The highest BCUT2D eigenvalue weighted by molar-refractivity contribution is 9.09. The Morgan fingerprint density at radius 3 is 2.69 bits per heavy atom. The Labute approximate surface area is 101 Å². The van der Waals surface area contributed by atoms with Crippen molar-refractivity contribution in [2.75, 3.05) is 5.52 Å². The molecular formula is C13H10BrNO. The molecule has 0 fully saturated rings. The third kappa shape index (κ3) is 1.39. The topological polar surface area (TPSA) is 25.0 Å². The molecule has 2 nitrogen and oxygen atoms in total. The van der Waals surface area contributed by atoms with Gasteiger partial charge in [-0.05, 0) is 34.1 Å². The zero-order valence-electron chi connectivity index (χ0n) is 8.53. The van der Waals surface area contributed by atoms with Crippen molar-refractivity contribution < 1.29 is 4.74 Å². The van der Waals surface area contributed by atoms with Gasteiger partial charge in [-0.2, -0.15) is 0 Å². The summed E-state index contributed by atoms with van der Waals surface area (Å²) in [7, 11) is 0. The average molecular weight is 276 g/mol. The number of alkyl halides is 1. The monoisotopic (exact) mass is 275 g/mol. The number of hydrogen-bond acceptors (Lipinski definition) is 1. The highest BCUT2D eigenvalue weighted by Crippen LogP contribution is 2.32. The van der Waals surface area contributed by atoms with E-state index < -0.39 is 0 Å². The number of hydrogen-bond donors (Lipinski definition) is 1. The highest BCUT2D eigenvalue weighted by atomic mass is 79.9. The molecule has 0 aliphatic rings. The SMILES string of the molecule is BrCOc1cccc2[nH]c3ccccc3c12. The van der Waals surface area contributed by atoms with Crippen molar-refractivity contribution >= 4 is 37.7 Å². The summed E-state index contributed by atoms with van der Waals surface area (Å²) in [5.41, 5.74) is 2.76. The van der Waals surface area contributed by atoms with Crippen molar-refractivity contribution in [1.29, 1.82) is 0 Å². The summed E-state index contributed by atoms with van der Waals surface area (Å²) in [4.78, 5) is 3.38. The molecular weight excluding hydrogens is 266 g/mol. The molecule has 0 atom stereocenters. The first-order valence-electron chi connectivity index (χ1n) is 5.08. The normalized spacial score (nSPS) is 11.1. The van der Waals surface area contributed by atoms with Crippen LogP contribution in [0.5, 0.6) is 5.75 Å². The lowest BCUT2D eigenvalue weighted by Crippen LogP contribution is -1.88. The van der Waals surface area contributed by atoms with Gasteiger partial charge < -0.3 is 9.72 Å². The number of fused-ring (bicyclic) bond motifs is 3. The zero-order valence-corrected chi connectivity index (χ0v) is 10.1. The molecule has 0 saturated carbocycles. The van der Waals surface area contributed by atoms with Crippen molar-refractivity contribution in [3.8, 4) is 5.75 Å². The van der Waals surface area contributed by atoms with Crippen LogP contribution >= 0.6 is 15.9 Å². The first-order chi connectivity index (χ1) is 7.90. The maximum atomic E-state index is 5.58. The molecule has 0 saturated heterocycles. The minimum absolute atomic E-state index is 0.506. The fourth-order valence-electron chi connectivity index (χ4n) is 2.05. The molecule has 1 aromatic heterocycles. The van der Waals surface area contributed by atoms with Gasteiger partial charge in [0.25, 0.3) is 0 Å². The number of nitrogens with one attached hydrogen (secondary N) is 1. The van der Waals surface area contributed by atoms with Crippen LogP contribution in [0.15, 0.2) is 42.5 Å². The molecule has 0 bridgehead atoms. The molecule has 80 valence electrons. The van der Waals surface area contributed by atoms with Crippen LogP contribution in [-0.2, 0) is 0 Å². The Bertz CT molecular complexity index is 645. The molecule has 3 heteroatoms. The molecule has 0 radical (unpaired) electrons. The quantitative estimate of drug-likeness (QED) is 0.702. The number of para-hydroxylation sites is 1. The van der Waals surface area contributed by atoms with Crippen LogP contribution < -0.4 is 4.74 Å². The van der Waals surface area contributed by atoms with E-state index >= 15 is 0 Å². The summed E-state index contributed by atoms with van der Waals surface area (Å²) < 4.78 is 5.58. The smallest absolute Gasteiger partial charge is 0.143 e. The van der Waals surface area contributed by atoms with E-state index in [1.807, 2.05) is 24.3 Å². The van der Waals surface area contributed by atoms with E-state index in [1.165, 1.54) is 5.39 Å². The van der Waals surface area contributed by atoms with Crippen LogP contribution in [0.2, 0.25) is 0 Å². The molecule has 2 aromatic carbocycles. The Balaban J connectivity index is 2.43. The van der Waals surface area contributed by atoms with E-state index in [2.05, 4.69) is 39.1 Å². The molecule has 3 aromatic rings. The van der Waals surface area contributed by atoms with Crippen LogP contribution in [0.3, 0.4) is 0 Å². The standard InChI is InChI=1S/C13H10BrNO/c14-8-16-12-7-3-6-11-13(12)9-4-1-2-5-10(9)15-11/h1-7,15H,8H2. The van der Waals surface area contributed by atoms with Crippen LogP contribution in [-0.4, -0.2) is 10.5 Å². The summed E-state index contributed by atoms with van der Waals surface area (Å²) in [5.74, 6) is 0.909. The summed E-state index contributed by atoms with van der Waals surface area (Å²) in [6.45, 7) is 0. The van der Waals surface area contributed by atoms with Crippen molar-refractivity contribution in [2.24, 2.45) is 0 Å². The number of halogens is 1. The summed E-state index contributed by atoms with van der Waals surface area (Å²) in [6, 6.07) is 14.3. The molecule has 3 rings (SSSR count). The van der Waals surface area contributed by atoms with Gasteiger partial charge in [0.1, 0.15) is 11.3 Å². The van der Waals surface area contributed by atoms with Gasteiger partial charge in [-0.3, -0.25) is 0 Å². The van der Waals surface area contributed by atoms with Crippen LogP contribution in [0.1, 0.15) is 0 Å². The van der Waals surface area contributed by atoms with E-state index in [9.17, 15) is 0 Å². The number of ether oxygens (including phenoxy) is 1. The van der Waals surface area contributed by atoms with Crippen molar-refractivity contribution in [2.45, 2.75) is 0 Å². The largest absolute Gasteiger partial charge is 0.482 e. The van der Waals surface area contributed by atoms with E-state index in [4.69, 9.17) is 4.74 Å². The van der Waals surface area contributed by atoms with Gasteiger partial charge in [0.15, 0.2) is 0 Å². The van der Waals surface area contributed by atoms with Gasteiger partial charge in [0.05, 0.1) is 5.52 Å². The second-order valence-corrected chi connectivity index (χ2v) is 4.06. The third-order valence-corrected chi connectivity index (χ3v) is 2.93. The lowest BCUT2D eigenvalue weighted by atomic mass is 10.1. The van der Waals surface area contributed by atoms with Crippen molar-refractivity contribution in [3.05, 3.63) is 42.5 Å². The van der Waals surface area contributed by atoms with E-state index in [1.54, 1.807) is 0 Å². The fraction of sp³-hybridized carbons (Fsp3) is 0.0769. The van der Waals surface area contributed by atoms with Crippen molar-refractivity contribution in [1.82, 2.24) is 4.98 Å². The molecule has 0 aliphatic carbocycles. The van der Waals surface area contributed by atoms with Crippen molar-refractivity contribution in [3.63, 3.8) is 0 Å². The number of rotatable bonds is 2. The molecule has 16 heavy (non-hydrogen) atoms. The third-order valence-electron chi connectivity index (χ3n) is 2.70. The molecule has 1 N–H and O–H groups in total. The first kappa shape index (κ1) is 9.73. The molecule has 0 aliphatic heterocycles. The van der Waals surface area contributed by atoms with Gasteiger partial charge in [-0.1, -0.05) is 24.3 Å². The maximum Gasteiger partial charge on any atom is 0.143 e. The van der Waals surface area contributed by atoms with E-state index in [0.717, 1.165) is 22.2 Å². The molecule has 0 amide bonds. The van der Waals surface area contributed by atoms with Gasteiger partial charge in [-0.25, -0.2) is 0 Å². The summed E-state index contributed by atoms with van der Waals surface area (Å²) >= 11 is 3.29. The zero-order chi connectivity index (χ0) is 11.0. The van der Waals surface area contributed by atoms with Gasteiger partial charge >= 0.3 is 0 Å². The van der Waals surface area contributed by atoms with Crippen LogP contribution in [0, 0.1) is 0 Å². The molecule has 0 unspecified atom stereocenters. The Morgan fingerprint density at radius 1 is 1.00 bits per heavy atom. The predicted molar refractivity (Wildman–Crippen MR) is 70.2 cm³/mol. The Morgan fingerprint density at radius 2 is 1.81 bits per heavy atom. The van der Waals surface area contributed by atoms with Crippen LogP contribution in [0.4, 0.5) is 0 Å². The lowest BCUT2D eigenvalue weighted by Gasteiger charge is -2.03. The molecule has 1 heterocycles. The summed E-state index contributed by atoms with van der Waals surface area (Å²) in [6.07, 6.45) is 0. The maximum absolute atomic E-state index is 5.58. The minimum atomic E-state index is 0.506. The first-order valence-corrected chi connectivity index (χ1v) is 6.20. The van der Waals surface area contributed by atoms with Gasteiger partial charge in [0.2, 0.25) is 0 Å². The summed E-state index contributed by atoms with van der Waals surface area (Å²) in [5, 5.41) is 2.35. The Hall–Kier alpha value is -1.48. The number of benzene rings is 2. The van der Waals surface area contributed by atoms with E-state index in [0.29, 0.717) is 5.52 Å². The second kappa shape index (κ2) is 3.83. The molecule has 0 spiro atoms. The van der Waals surface area contributed by atoms with Gasteiger partial charge in [0, 0.05) is 16.3 Å². The Kier molecular flexibility index (Phi) is 2.33. The average Bonchev–Trinajstić information content (AvgIpc) is 2.68. The second-order valence-electron chi connectivity index (χ2n) is 3.60. The van der Waals surface area contributed by atoms with Crippen LogP contribution in [0.25, 0.3) is 21.8 Å². The number of aromatic amines is 1. The van der Waals surface area contributed by atoms with E-state index in [-0.39, 0.29) is 0 Å². The number of H-pyrrole nitrogens is 1. The predicted octanol–water partition coefficient (Wildman–Crippen LogP) is 4.05. The highest BCUT2D eigenvalue weighted by Gasteiger charge is 2.08. The number of aromatic nitrogens is 1. The fourth-order valence-corrected chi connectivity index (χ4v) is 2.29. The lowest BCUT2D eigenvalue weighted by molar-refractivity contribution is 0.403. The minimum Gasteiger partial charge on any atom is -0.482 e.